The molecule has 3 rings (SSSR count). The van der Waals surface area contributed by atoms with Gasteiger partial charge in [-0.05, 0) is 30.3 Å². The van der Waals surface area contributed by atoms with Crippen molar-refractivity contribution in [1.82, 2.24) is 0 Å². The third-order valence-electron chi connectivity index (χ3n) is 2.55. The second-order valence-corrected chi connectivity index (χ2v) is 5.81. The maximum atomic E-state index is 4.42. The van der Waals surface area contributed by atoms with Gasteiger partial charge in [0.05, 0.1) is 0 Å². The van der Waals surface area contributed by atoms with Crippen LogP contribution in [-0.2, 0) is 0 Å². The third-order valence-corrected chi connectivity index (χ3v) is 3.99. The summed E-state index contributed by atoms with van der Waals surface area (Å²) in [5.74, 6) is 0. The van der Waals surface area contributed by atoms with Gasteiger partial charge in [0.25, 0.3) is 0 Å². The van der Waals surface area contributed by atoms with Crippen LogP contribution in [0.15, 0.2) is 62.9 Å². The van der Waals surface area contributed by atoms with Crippen LogP contribution in [0, 0.1) is 6.54 Å². The number of rotatable bonds is 1. The lowest BCUT2D eigenvalue weighted by Crippen LogP contribution is -2.13. The molecule has 1 radical (unpaired) electrons. The van der Waals surface area contributed by atoms with Gasteiger partial charge in [0.1, 0.15) is 6.54 Å². The van der Waals surface area contributed by atoms with Gasteiger partial charge in [-0.25, -0.2) is 0 Å². The zero-order valence-corrected chi connectivity index (χ0v) is 11.8. The van der Waals surface area contributed by atoms with E-state index in [2.05, 4.69) is 44.4 Å². The van der Waals surface area contributed by atoms with Crippen molar-refractivity contribution in [2.45, 2.75) is 4.90 Å². The maximum Gasteiger partial charge on any atom is 0.166 e. The van der Waals surface area contributed by atoms with Crippen LogP contribution in [0.2, 0.25) is 0 Å². The predicted octanol–water partition coefficient (Wildman–Crippen LogP) is 4.53. The van der Waals surface area contributed by atoms with Crippen LogP contribution >= 0.6 is 27.7 Å². The molecule has 0 aliphatic carbocycles. The number of halogens is 1. The van der Waals surface area contributed by atoms with Gasteiger partial charge in [0.2, 0.25) is 0 Å². The highest BCUT2D eigenvalue weighted by Crippen LogP contribution is 2.28. The molecule has 0 amide bonds. The summed E-state index contributed by atoms with van der Waals surface area (Å²) in [5, 5.41) is 4.23. The normalized spacial score (nSPS) is 13.5. The first-order chi connectivity index (χ1) is 8.81. The summed E-state index contributed by atoms with van der Waals surface area (Å²) in [7, 11) is 0. The van der Waals surface area contributed by atoms with Crippen molar-refractivity contribution in [3.05, 3.63) is 65.1 Å². The molecule has 0 spiro atoms. The highest BCUT2D eigenvalue weighted by Gasteiger charge is 2.11. The van der Waals surface area contributed by atoms with E-state index in [9.17, 15) is 0 Å². The number of anilines is 1. The van der Waals surface area contributed by atoms with Gasteiger partial charge in [0, 0.05) is 20.6 Å². The van der Waals surface area contributed by atoms with E-state index in [1.54, 1.807) is 11.8 Å². The molecular weight excluding hydrogens is 308 g/mol. The summed E-state index contributed by atoms with van der Waals surface area (Å²) < 4.78 is 1.09. The molecule has 4 heteroatoms. The Labute approximate surface area is 119 Å². The van der Waals surface area contributed by atoms with E-state index in [4.69, 9.17) is 0 Å². The van der Waals surface area contributed by atoms with Crippen molar-refractivity contribution in [1.29, 1.82) is 0 Å². The number of nitrogens with zero attached hydrogens (tertiary/aromatic N) is 1. The highest BCUT2D eigenvalue weighted by atomic mass is 79.9. The van der Waals surface area contributed by atoms with Gasteiger partial charge < -0.3 is 5.32 Å². The Balaban J connectivity index is 1.76. The number of hydrogen-bond acceptors (Lipinski definition) is 3. The minimum absolute atomic E-state index is 0.899. The first kappa shape index (κ1) is 11.8. The minimum atomic E-state index is 0.899. The van der Waals surface area contributed by atoms with Gasteiger partial charge in [0.15, 0.2) is 5.17 Å². The van der Waals surface area contributed by atoms with E-state index in [0.717, 1.165) is 25.8 Å². The Kier molecular flexibility index (Phi) is 3.39. The van der Waals surface area contributed by atoms with Crippen LogP contribution < -0.4 is 5.32 Å². The fourth-order valence-corrected chi connectivity index (χ4v) is 2.69. The fourth-order valence-electron chi connectivity index (χ4n) is 1.67. The van der Waals surface area contributed by atoms with Gasteiger partial charge >= 0.3 is 0 Å². The van der Waals surface area contributed by atoms with Gasteiger partial charge in [-0.3, -0.25) is 4.99 Å². The van der Waals surface area contributed by atoms with Crippen molar-refractivity contribution in [3.63, 3.8) is 0 Å². The number of aliphatic imine (C=N–C) groups is 1. The lowest BCUT2D eigenvalue weighted by Gasteiger charge is -2.17. The molecule has 2 aromatic carbocycles. The van der Waals surface area contributed by atoms with E-state index in [-0.39, 0.29) is 0 Å². The summed E-state index contributed by atoms with van der Waals surface area (Å²) in [5.41, 5.74) is 2.23. The number of thioether (sulfide) groups is 1. The Hall–Kier alpha value is -1.26. The molecule has 0 saturated carbocycles. The van der Waals surface area contributed by atoms with E-state index in [0.29, 0.717) is 0 Å². The first-order valence-corrected chi connectivity index (χ1v) is 7.13. The molecule has 1 aliphatic rings. The average Bonchev–Trinajstić information content (AvgIpc) is 2.41. The van der Waals surface area contributed by atoms with Crippen molar-refractivity contribution >= 4 is 38.5 Å². The Bertz CT molecular complexity index is 593. The number of amidine groups is 1. The van der Waals surface area contributed by atoms with E-state index < -0.39 is 0 Å². The number of para-hydroxylation sites is 1. The second kappa shape index (κ2) is 5.16. The molecule has 18 heavy (non-hydrogen) atoms. The molecule has 2 aromatic rings. The molecule has 89 valence electrons. The second-order valence-electron chi connectivity index (χ2n) is 3.83. The highest BCUT2D eigenvalue weighted by molar-refractivity contribution is 9.10. The topological polar surface area (TPSA) is 24.4 Å². The van der Waals surface area contributed by atoms with Crippen LogP contribution in [0.1, 0.15) is 5.56 Å². The molecule has 1 aliphatic heterocycles. The molecule has 1 N–H and O–H groups in total. The number of fused-ring (bicyclic) bond motifs is 1. The molecule has 2 nitrogen and oxygen atoms in total. The third kappa shape index (κ3) is 2.60. The molecule has 0 unspecified atom stereocenters. The van der Waals surface area contributed by atoms with Crippen LogP contribution in [0.4, 0.5) is 5.69 Å². The maximum absolute atomic E-state index is 4.42. The average molecular weight is 318 g/mol. The van der Waals surface area contributed by atoms with E-state index >= 15 is 0 Å². The standard InChI is InChI=1S/C14H10BrN2S/c15-11-5-7-12(8-6-11)18-14-16-9-10-3-1-2-4-13(10)17-14/h1-9H,(H,16,17). The number of benzene rings is 2. The lowest BCUT2D eigenvalue weighted by atomic mass is 10.1. The number of nitrogens with one attached hydrogen (secondary N) is 1. The van der Waals surface area contributed by atoms with Crippen LogP contribution in [0.25, 0.3) is 0 Å². The zero-order valence-electron chi connectivity index (χ0n) is 9.43. The summed E-state index contributed by atoms with van der Waals surface area (Å²) >= 11 is 5.05. The monoisotopic (exact) mass is 317 g/mol. The molecule has 0 saturated heterocycles. The van der Waals surface area contributed by atoms with Crippen molar-refractivity contribution < 1.29 is 0 Å². The predicted molar refractivity (Wildman–Crippen MR) is 80.9 cm³/mol. The summed E-state index contributed by atoms with van der Waals surface area (Å²) in [6.07, 6.45) is 0. The SMILES string of the molecule is Brc1ccc(SC2=N[CH]c3ccccc3N2)cc1. The quantitative estimate of drug-likeness (QED) is 0.835. The molecule has 0 aromatic heterocycles. The minimum Gasteiger partial charge on any atom is -0.334 e. The van der Waals surface area contributed by atoms with Gasteiger partial charge in [-0.15, -0.1) is 0 Å². The summed E-state index contributed by atoms with van der Waals surface area (Å²) in [6, 6.07) is 16.3. The molecule has 0 bridgehead atoms. The van der Waals surface area contributed by atoms with Gasteiger partial charge in [-0.2, -0.15) is 0 Å². The summed E-state index contributed by atoms with van der Waals surface area (Å²) in [6.45, 7) is 1.90. The first-order valence-electron chi connectivity index (χ1n) is 5.52. The fraction of sp³-hybridized carbons (Fsp3) is 0. The Morgan fingerprint density at radius 1 is 1.00 bits per heavy atom. The smallest absolute Gasteiger partial charge is 0.166 e. The van der Waals surface area contributed by atoms with Crippen LogP contribution in [0.3, 0.4) is 0 Å². The lowest BCUT2D eigenvalue weighted by molar-refractivity contribution is 1.31. The number of hydrogen-bond donors (Lipinski definition) is 1. The summed E-state index contributed by atoms with van der Waals surface area (Å²) in [4.78, 5) is 5.58. The van der Waals surface area contributed by atoms with Crippen molar-refractivity contribution in [3.8, 4) is 0 Å². The molecular formula is C14H10BrN2S. The van der Waals surface area contributed by atoms with Crippen molar-refractivity contribution in [2.24, 2.45) is 4.99 Å². The molecule has 0 fully saturated rings. The van der Waals surface area contributed by atoms with Crippen LogP contribution in [-0.4, -0.2) is 5.17 Å². The Morgan fingerprint density at radius 3 is 2.61 bits per heavy atom. The Morgan fingerprint density at radius 2 is 1.78 bits per heavy atom. The molecule has 0 atom stereocenters. The van der Waals surface area contributed by atoms with Crippen molar-refractivity contribution in [2.75, 3.05) is 5.32 Å². The van der Waals surface area contributed by atoms with Crippen LogP contribution in [0.5, 0.6) is 0 Å². The van der Waals surface area contributed by atoms with E-state index in [1.807, 2.05) is 36.9 Å². The largest absolute Gasteiger partial charge is 0.334 e. The zero-order chi connectivity index (χ0) is 12.4. The van der Waals surface area contributed by atoms with E-state index in [1.165, 1.54) is 0 Å². The van der Waals surface area contributed by atoms with Gasteiger partial charge in [-0.1, -0.05) is 45.9 Å². The molecule has 1 heterocycles.